The molecule has 0 aliphatic heterocycles. The summed E-state index contributed by atoms with van der Waals surface area (Å²) < 4.78 is 18.0. The van der Waals surface area contributed by atoms with Crippen molar-refractivity contribution >= 4 is 17.9 Å². The molecule has 0 bridgehead atoms. The maximum atomic E-state index is 13.2. The minimum Gasteiger partial charge on any atom is -0.465 e. The van der Waals surface area contributed by atoms with Gasteiger partial charge >= 0.3 is 17.9 Å². The van der Waals surface area contributed by atoms with Gasteiger partial charge in [-0.3, -0.25) is 4.79 Å². The molecule has 210 valence electrons. The highest BCUT2D eigenvalue weighted by molar-refractivity contribution is 5.90. The van der Waals surface area contributed by atoms with E-state index in [0.717, 1.165) is 12.8 Å². The second-order valence-corrected chi connectivity index (χ2v) is 13.4. The summed E-state index contributed by atoms with van der Waals surface area (Å²) in [4.78, 5) is 38.9. The van der Waals surface area contributed by atoms with E-state index in [0.29, 0.717) is 30.6 Å². The molecule has 0 radical (unpaired) electrons. The Morgan fingerprint density at radius 1 is 0.795 bits per heavy atom. The van der Waals surface area contributed by atoms with E-state index in [2.05, 4.69) is 20.8 Å². The molecule has 0 heterocycles. The molecule has 6 heteroatoms. The molecule has 4 rings (SSSR count). The van der Waals surface area contributed by atoms with Crippen LogP contribution in [0.15, 0.2) is 60.7 Å². The number of carbonyl (C=O) groups is 3. The first-order chi connectivity index (χ1) is 18.3. The van der Waals surface area contributed by atoms with Gasteiger partial charge in [-0.2, -0.15) is 0 Å². The van der Waals surface area contributed by atoms with Crippen molar-refractivity contribution in [1.29, 1.82) is 0 Å². The topological polar surface area (TPSA) is 78.9 Å². The second-order valence-electron chi connectivity index (χ2n) is 13.4. The quantitative estimate of drug-likeness (QED) is 0.285. The van der Waals surface area contributed by atoms with Crippen molar-refractivity contribution < 1.29 is 28.6 Å². The average Bonchev–Trinajstić information content (AvgIpc) is 3.23. The molecule has 0 aromatic heterocycles. The van der Waals surface area contributed by atoms with Crippen molar-refractivity contribution in [2.24, 2.45) is 28.1 Å². The second kappa shape index (κ2) is 11.1. The first kappa shape index (κ1) is 28.8. The van der Waals surface area contributed by atoms with Gasteiger partial charge in [0, 0.05) is 5.92 Å². The van der Waals surface area contributed by atoms with E-state index < -0.39 is 29.6 Å². The maximum Gasteiger partial charge on any atom is 0.338 e. The van der Waals surface area contributed by atoms with Gasteiger partial charge in [0.15, 0.2) is 0 Å². The monoisotopic (exact) mass is 534 g/mol. The van der Waals surface area contributed by atoms with Crippen molar-refractivity contribution in [2.45, 2.75) is 79.4 Å². The molecule has 2 aromatic rings. The summed E-state index contributed by atoms with van der Waals surface area (Å²) in [6.45, 7) is 12.5. The van der Waals surface area contributed by atoms with Gasteiger partial charge in [-0.05, 0) is 87.5 Å². The molecule has 0 saturated heterocycles. The van der Waals surface area contributed by atoms with Crippen LogP contribution in [0.1, 0.15) is 87.9 Å². The van der Waals surface area contributed by atoms with E-state index in [1.54, 1.807) is 36.4 Å². The van der Waals surface area contributed by atoms with E-state index >= 15 is 0 Å². The zero-order valence-corrected chi connectivity index (χ0v) is 24.1. The zero-order valence-electron chi connectivity index (χ0n) is 24.1. The first-order valence-corrected chi connectivity index (χ1v) is 14.0. The summed E-state index contributed by atoms with van der Waals surface area (Å²) in [5, 5.41) is 0. The van der Waals surface area contributed by atoms with Crippen LogP contribution in [0.25, 0.3) is 0 Å². The number of ether oxygens (including phenoxy) is 3. The Labute approximate surface area is 232 Å². The summed E-state index contributed by atoms with van der Waals surface area (Å²) >= 11 is 0. The van der Waals surface area contributed by atoms with E-state index in [1.807, 2.05) is 45.0 Å². The van der Waals surface area contributed by atoms with Crippen LogP contribution in [-0.4, -0.2) is 36.7 Å². The van der Waals surface area contributed by atoms with Crippen LogP contribution >= 0.6 is 0 Å². The lowest BCUT2D eigenvalue weighted by molar-refractivity contribution is -0.156. The van der Waals surface area contributed by atoms with Crippen LogP contribution in [0.2, 0.25) is 0 Å². The molecular weight excluding hydrogens is 492 g/mol. The number of benzene rings is 2. The van der Waals surface area contributed by atoms with Gasteiger partial charge in [-0.15, -0.1) is 0 Å². The number of fused-ring (bicyclic) bond motifs is 1. The van der Waals surface area contributed by atoms with Gasteiger partial charge in [0.05, 0.1) is 23.1 Å². The first-order valence-electron chi connectivity index (χ1n) is 14.0. The summed E-state index contributed by atoms with van der Waals surface area (Å²) in [7, 11) is 0. The summed E-state index contributed by atoms with van der Waals surface area (Å²) in [5.41, 5.74) is 0.125. The molecule has 0 spiro atoms. The molecule has 2 aromatic carbocycles. The van der Waals surface area contributed by atoms with Crippen molar-refractivity contribution in [3.63, 3.8) is 0 Å². The number of rotatable bonds is 7. The van der Waals surface area contributed by atoms with Gasteiger partial charge < -0.3 is 14.2 Å². The van der Waals surface area contributed by atoms with Crippen LogP contribution < -0.4 is 0 Å². The van der Waals surface area contributed by atoms with Gasteiger partial charge in [-0.25, -0.2) is 9.59 Å². The zero-order chi connectivity index (χ0) is 28.4. The Morgan fingerprint density at radius 2 is 1.33 bits per heavy atom. The minimum absolute atomic E-state index is 0.0123. The van der Waals surface area contributed by atoms with E-state index in [-0.39, 0.29) is 28.6 Å². The average molecular weight is 535 g/mol. The lowest BCUT2D eigenvalue weighted by Crippen LogP contribution is -2.53. The summed E-state index contributed by atoms with van der Waals surface area (Å²) in [5.74, 6) is -0.836. The molecule has 0 amide bonds. The maximum absolute atomic E-state index is 13.2. The highest BCUT2D eigenvalue weighted by atomic mass is 16.6. The Morgan fingerprint density at radius 3 is 1.87 bits per heavy atom. The van der Waals surface area contributed by atoms with Crippen LogP contribution in [0, 0.1) is 28.1 Å². The molecule has 2 aliphatic carbocycles. The molecule has 2 aliphatic rings. The van der Waals surface area contributed by atoms with Crippen LogP contribution in [0.4, 0.5) is 0 Å². The van der Waals surface area contributed by atoms with Crippen molar-refractivity contribution in [3.05, 3.63) is 71.8 Å². The van der Waals surface area contributed by atoms with E-state index in [1.165, 1.54) is 0 Å². The molecule has 39 heavy (non-hydrogen) atoms. The van der Waals surface area contributed by atoms with E-state index in [4.69, 9.17) is 14.2 Å². The molecule has 0 N–H and O–H groups in total. The van der Waals surface area contributed by atoms with E-state index in [9.17, 15) is 14.4 Å². The molecular formula is C33H42O6. The smallest absolute Gasteiger partial charge is 0.338 e. The summed E-state index contributed by atoms with van der Waals surface area (Å²) in [6.07, 6.45) is 1.78. The van der Waals surface area contributed by atoms with Crippen molar-refractivity contribution in [1.82, 2.24) is 0 Å². The van der Waals surface area contributed by atoms with Gasteiger partial charge in [0.1, 0.15) is 12.2 Å². The molecule has 5 unspecified atom stereocenters. The number of esters is 3. The number of carbonyl (C=O) groups excluding carboxylic acids is 3. The minimum atomic E-state index is -0.621. The van der Waals surface area contributed by atoms with Crippen molar-refractivity contribution in [2.75, 3.05) is 6.61 Å². The summed E-state index contributed by atoms with van der Waals surface area (Å²) in [6, 6.07) is 17.8. The van der Waals surface area contributed by atoms with Gasteiger partial charge in [-0.1, -0.05) is 57.2 Å². The van der Waals surface area contributed by atoms with Crippen LogP contribution in [0.5, 0.6) is 0 Å². The van der Waals surface area contributed by atoms with Crippen LogP contribution in [-0.2, 0) is 19.0 Å². The fourth-order valence-electron chi connectivity index (χ4n) is 6.42. The lowest BCUT2D eigenvalue weighted by atomic mass is 9.60. The number of hydrogen-bond donors (Lipinski definition) is 0. The Kier molecular flexibility index (Phi) is 8.25. The van der Waals surface area contributed by atoms with Gasteiger partial charge in [0.2, 0.25) is 0 Å². The molecule has 2 saturated carbocycles. The Balaban J connectivity index is 1.63. The largest absolute Gasteiger partial charge is 0.465 e. The SMILES string of the molecule is CC1(C)CC2C(OC(=O)c3ccccc3)C(OC(=O)c3ccccc3)CC(C)(CCOC(=O)C(C)(C)C)C2C1. The standard InChI is InChI=1S/C33H42O6/c1-31(2,3)30(36)37-18-17-33(6)21-26(38-28(34)22-13-9-7-10-14-22)27(24-19-32(4,5)20-25(24)33)39-29(35)23-15-11-8-12-16-23/h7-16,24-27H,17-21H2,1-6H3. The molecule has 6 nitrogen and oxygen atoms in total. The predicted molar refractivity (Wildman–Crippen MR) is 149 cm³/mol. The fourth-order valence-corrected chi connectivity index (χ4v) is 6.42. The highest BCUT2D eigenvalue weighted by Gasteiger charge is 2.58. The predicted octanol–water partition coefficient (Wildman–Crippen LogP) is 6.88. The lowest BCUT2D eigenvalue weighted by Gasteiger charge is -2.49. The third kappa shape index (κ3) is 6.71. The normalized spacial score (nSPS) is 27.7. The number of hydrogen-bond acceptors (Lipinski definition) is 6. The third-order valence-electron chi connectivity index (χ3n) is 8.47. The fraction of sp³-hybridized carbons (Fsp3) is 0.545. The molecule has 2 fully saturated rings. The Hall–Kier alpha value is -3.15. The highest BCUT2D eigenvalue weighted by Crippen LogP contribution is 2.60. The Bertz CT molecular complexity index is 1170. The van der Waals surface area contributed by atoms with Crippen LogP contribution in [0.3, 0.4) is 0 Å². The van der Waals surface area contributed by atoms with Crippen molar-refractivity contribution in [3.8, 4) is 0 Å². The molecule has 5 atom stereocenters. The third-order valence-corrected chi connectivity index (χ3v) is 8.47. The van der Waals surface area contributed by atoms with Gasteiger partial charge in [0.25, 0.3) is 0 Å².